The maximum absolute atomic E-state index is 4.73. The number of nitrogens with one attached hydrogen (secondary N) is 2. The van der Waals surface area contributed by atoms with Crippen LogP contribution in [-0.4, -0.2) is 51.9 Å². The molecule has 0 fully saturated rings. The first kappa shape index (κ1) is 25.5. The molecule has 0 saturated heterocycles. The zero-order chi connectivity index (χ0) is 18.5. The lowest BCUT2D eigenvalue weighted by atomic mass is 10.0. The molecule has 1 aromatic heterocycles. The molecule has 0 bridgehead atoms. The van der Waals surface area contributed by atoms with Crippen molar-refractivity contribution in [2.45, 2.75) is 66.0 Å². The van der Waals surface area contributed by atoms with E-state index in [9.17, 15) is 0 Å². The number of nitrogens with zero attached hydrogens (tertiary/aromatic N) is 4. The van der Waals surface area contributed by atoms with Crippen LogP contribution < -0.4 is 10.6 Å². The van der Waals surface area contributed by atoms with Gasteiger partial charge in [0.2, 0.25) is 0 Å². The Morgan fingerprint density at radius 3 is 2.73 bits per heavy atom. The fraction of sp³-hybridized carbons (Fsp3) is 0.833. The third-order valence-corrected chi connectivity index (χ3v) is 4.69. The molecule has 0 radical (unpaired) electrons. The van der Waals surface area contributed by atoms with Crippen molar-refractivity contribution in [3.05, 3.63) is 12.2 Å². The predicted octanol–water partition coefficient (Wildman–Crippen LogP) is 3.57. The minimum absolute atomic E-state index is 0. The molecule has 1 aromatic rings. The van der Waals surface area contributed by atoms with Crippen LogP contribution in [0.3, 0.4) is 0 Å². The van der Waals surface area contributed by atoms with Gasteiger partial charge in [0.05, 0.1) is 0 Å². The van der Waals surface area contributed by atoms with E-state index in [-0.39, 0.29) is 24.0 Å². The van der Waals surface area contributed by atoms with Crippen LogP contribution in [0.4, 0.5) is 0 Å². The molecule has 6 nitrogen and oxygen atoms in total. The van der Waals surface area contributed by atoms with E-state index in [1.54, 1.807) is 6.33 Å². The smallest absolute Gasteiger partial charge is 0.191 e. The summed E-state index contributed by atoms with van der Waals surface area (Å²) in [5.41, 5.74) is 0. The Labute approximate surface area is 180 Å². The molecule has 0 spiro atoms. The summed E-state index contributed by atoms with van der Waals surface area (Å²) in [6, 6.07) is 0.426. The largest absolute Gasteiger partial charge is 0.355 e. The Bertz CT molecular complexity index is 492. The summed E-state index contributed by atoms with van der Waals surface area (Å²) in [7, 11) is 0. The molecule has 0 aliphatic carbocycles. The zero-order valence-electron chi connectivity index (χ0n) is 17.0. The van der Waals surface area contributed by atoms with Gasteiger partial charge in [-0.3, -0.25) is 4.99 Å². The zero-order valence-corrected chi connectivity index (χ0v) is 20.1. The minimum Gasteiger partial charge on any atom is -0.355 e. The molecule has 0 aliphatic rings. The van der Waals surface area contributed by atoms with Gasteiger partial charge < -0.3 is 15.2 Å². The Morgan fingerprint density at radius 2 is 2.08 bits per heavy atom. The number of aryl methyl sites for hydroxylation is 1. The van der Waals surface area contributed by atoms with Gasteiger partial charge in [-0.1, -0.05) is 20.8 Å². The maximum atomic E-state index is 4.73. The van der Waals surface area contributed by atoms with E-state index in [1.807, 2.05) is 11.8 Å². The second-order valence-corrected chi connectivity index (χ2v) is 7.80. The lowest BCUT2D eigenvalue weighted by Crippen LogP contribution is -2.43. The van der Waals surface area contributed by atoms with Crippen molar-refractivity contribution in [2.75, 3.05) is 25.1 Å². The van der Waals surface area contributed by atoms with E-state index in [0.29, 0.717) is 6.04 Å². The number of hydrogen-bond donors (Lipinski definition) is 2. The first-order valence-electron chi connectivity index (χ1n) is 9.47. The fourth-order valence-corrected chi connectivity index (χ4v) is 2.89. The molecule has 0 amide bonds. The summed E-state index contributed by atoms with van der Waals surface area (Å²) in [5.74, 6) is 3.84. The highest BCUT2D eigenvalue weighted by molar-refractivity contribution is 14.0. The summed E-state index contributed by atoms with van der Waals surface area (Å²) in [6.07, 6.45) is 8.34. The van der Waals surface area contributed by atoms with Crippen LogP contribution in [0.25, 0.3) is 0 Å². The van der Waals surface area contributed by atoms with Gasteiger partial charge in [0, 0.05) is 32.1 Å². The van der Waals surface area contributed by atoms with Gasteiger partial charge in [0.1, 0.15) is 12.2 Å². The third-order valence-electron chi connectivity index (χ3n) is 3.99. The van der Waals surface area contributed by atoms with Crippen molar-refractivity contribution in [1.29, 1.82) is 0 Å². The first-order valence-corrected chi connectivity index (χ1v) is 10.9. The molecule has 26 heavy (non-hydrogen) atoms. The Kier molecular flexibility index (Phi) is 15.2. The van der Waals surface area contributed by atoms with Crippen LogP contribution in [0.2, 0.25) is 0 Å². The van der Waals surface area contributed by atoms with Crippen LogP contribution in [0.15, 0.2) is 11.3 Å². The summed E-state index contributed by atoms with van der Waals surface area (Å²) >= 11 is 1.87. The number of rotatable bonds is 12. The molecule has 1 heterocycles. The molecule has 1 rings (SSSR count). The van der Waals surface area contributed by atoms with E-state index in [0.717, 1.165) is 62.4 Å². The maximum Gasteiger partial charge on any atom is 0.191 e. The van der Waals surface area contributed by atoms with Gasteiger partial charge in [-0.05, 0) is 44.1 Å². The van der Waals surface area contributed by atoms with E-state index < -0.39 is 0 Å². The van der Waals surface area contributed by atoms with Gasteiger partial charge in [-0.2, -0.15) is 11.8 Å². The van der Waals surface area contributed by atoms with Crippen molar-refractivity contribution in [2.24, 2.45) is 10.9 Å². The van der Waals surface area contributed by atoms with Crippen molar-refractivity contribution in [3.8, 4) is 0 Å². The average Bonchev–Trinajstić information content (AvgIpc) is 3.04. The lowest BCUT2D eigenvalue weighted by molar-refractivity contribution is 0.488. The standard InChI is InChI=1S/C18H36N6S.HI/c1-6-17-23-21-14-24(17)12-11-20-18(19-10-7-13-25-5)22-16(4)9-8-15(2)3;/h14-16H,6-13H2,1-5H3,(H2,19,20,22);1H. The first-order chi connectivity index (χ1) is 12.1. The highest BCUT2D eigenvalue weighted by Crippen LogP contribution is 2.06. The SMILES string of the molecule is CCc1nncn1CCNC(=NCCCSC)NC(C)CCC(C)C.I. The van der Waals surface area contributed by atoms with E-state index in [1.165, 1.54) is 6.42 Å². The van der Waals surface area contributed by atoms with Gasteiger partial charge >= 0.3 is 0 Å². The van der Waals surface area contributed by atoms with Gasteiger partial charge in [0.25, 0.3) is 0 Å². The molecule has 152 valence electrons. The molecule has 8 heteroatoms. The number of halogens is 1. The van der Waals surface area contributed by atoms with E-state index >= 15 is 0 Å². The van der Waals surface area contributed by atoms with Gasteiger partial charge in [-0.25, -0.2) is 0 Å². The molecule has 1 atom stereocenters. The topological polar surface area (TPSA) is 67.1 Å². The number of guanidine groups is 1. The second kappa shape index (κ2) is 15.5. The minimum atomic E-state index is 0. The highest BCUT2D eigenvalue weighted by Gasteiger charge is 2.07. The van der Waals surface area contributed by atoms with Crippen molar-refractivity contribution in [1.82, 2.24) is 25.4 Å². The summed E-state index contributed by atoms with van der Waals surface area (Å²) in [4.78, 5) is 4.73. The summed E-state index contributed by atoms with van der Waals surface area (Å²) in [6.45, 7) is 11.4. The van der Waals surface area contributed by atoms with E-state index in [4.69, 9.17) is 4.99 Å². The summed E-state index contributed by atoms with van der Waals surface area (Å²) < 4.78 is 2.10. The van der Waals surface area contributed by atoms with E-state index in [2.05, 4.69) is 59.3 Å². The van der Waals surface area contributed by atoms with Gasteiger partial charge in [0.15, 0.2) is 5.96 Å². The van der Waals surface area contributed by atoms with Gasteiger partial charge in [-0.15, -0.1) is 34.2 Å². The molecule has 1 unspecified atom stereocenters. The predicted molar refractivity (Wildman–Crippen MR) is 125 cm³/mol. The Morgan fingerprint density at radius 1 is 1.31 bits per heavy atom. The quantitative estimate of drug-likeness (QED) is 0.201. The molecule has 0 aromatic carbocycles. The number of aromatic nitrogens is 3. The van der Waals surface area contributed by atoms with Crippen molar-refractivity contribution >= 4 is 41.7 Å². The van der Waals surface area contributed by atoms with Crippen LogP contribution in [0.1, 0.15) is 52.8 Å². The number of aliphatic imine (C=N–C) groups is 1. The Hall–Kier alpha value is -0.510. The third kappa shape index (κ3) is 11.3. The summed E-state index contributed by atoms with van der Waals surface area (Å²) in [5, 5.41) is 15.1. The van der Waals surface area contributed by atoms with Crippen LogP contribution >= 0.6 is 35.7 Å². The molecule has 0 saturated carbocycles. The molecular formula is C18H37IN6S. The van der Waals surface area contributed by atoms with Crippen LogP contribution in [-0.2, 0) is 13.0 Å². The lowest BCUT2D eigenvalue weighted by Gasteiger charge is -2.19. The number of hydrogen-bond acceptors (Lipinski definition) is 4. The van der Waals surface area contributed by atoms with Crippen LogP contribution in [0.5, 0.6) is 0 Å². The Balaban J connectivity index is 0.00000625. The highest BCUT2D eigenvalue weighted by atomic mass is 127. The van der Waals surface area contributed by atoms with Crippen molar-refractivity contribution < 1.29 is 0 Å². The number of thioether (sulfide) groups is 1. The second-order valence-electron chi connectivity index (χ2n) is 6.81. The monoisotopic (exact) mass is 496 g/mol. The fourth-order valence-electron chi connectivity index (χ4n) is 2.48. The molecule has 2 N–H and O–H groups in total. The molecular weight excluding hydrogens is 459 g/mol. The molecule has 0 aliphatic heterocycles. The normalized spacial score (nSPS) is 12.8. The van der Waals surface area contributed by atoms with Crippen LogP contribution in [0, 0.1) is 5.92 Å². The van der Waals surface area contributed by atoms with Crippen molar-refractivity contribution in [3.63, 3.8) is 0 Å². The average molecular weight is 497 g/mol.